The number of rotatable bonds is 8. The van der Waals surface area contributed by atoms with Gasteiger partial charge in [-0.3, -0.25) is 0 Å². The van der Waals surface area contributed by atoms with Crippen molar-refractivity contribution in [3.63, 3.8) is 0 Å². The fraction of sp³-hybridized carbons (Fsp3) is 0.300. The summed E-state index contributed by atoms with van der Waals surface area (Å²) in [6.07, 6.45) is 3.10. The molecule has 7 heteroatoms. The largest absolute Gasteiger partial charge is 0.394 e. The van der Waals surface area contributed by atoms with Crippen molar-refractivity contribution in [2.75, 3.05) is 13.2 Å². The van der Waals surface area contributed by atoms with Gasteiger partial charge in [-0.25, -0.2) is 4.68 Å². The quantitative estimate of drug-likeness (QED) is 0.551. The van der Waals surface area contributed by atoms with E-state index in [0.717, 1.165) is 22.4 Å². The van der Waals surface area contributed by atoms with Crippen LogP contribution in [0.3, 0.4) is 0 Å². The van der Waals surface area contributed by atoms with Gasteiger partial charge in [0.1, 0.15) is 5.69 Å². The van der Waals surface area contributed by atoms with Crippen molar-refractivity contribution < 1.29 is 10.2 Å². The smallest absolute Gasteiger partial charge is 0.113 e. The van der Waals surface area contributed by atoms with Crippen molar-refractivity contribution in [3.8, 4) is 11.3 Å². The van der Waals surface area contributed by atoms with Crippen molar-refractivity contribution in [1.29, 1.82) is 0 Å². The third kappa shape index (κ3) is 5.14. The zero-order valence-corrected chi connectivity index (χ0v) is 15.7. The summed E-state index contributed by atoms with van der Waals surface area (Å²) in [5, 5.41) is 27.7. The maximum atomic E-state index is 9.27. The standard InChI is InChI=1S/C20H23ClN4O2/c21-18-7-3-16(4-8-18)11-25-12-19(23-24-25)17-5-1-15(2-6-17)9-10-20(22,13-26)14-27/h1-8,12,26-27H,9-11,13-14,22H2. The van der Waals surface area contributed by atoms with Gasteiger partial charge in [0, 0.05) is 10.6 Å². The first-order valence-electron chi connectivity index (χ1n) is 8.76. The minimum absolute atomic E-state index is 0.238. The van der Waals surface area contributed by atoms with Gasteiger partial charge in [-0.2, -0.15) is 0 Å². The average Bonchev–Trinajstić information content (AvgIpc) is 3.17. The first-order valence-corrected chi connectivity index (χ1v) is 9.14. The Hall–Kier alpha value is -2.25. The van der Waals surface area contributed by atoms with Crippen LogP contribution >= 0.6 is 11.6 Å². The van der Waals surface area contributed by atoms with E-state index in [4.69, 9.17) is 17.3 Å². The minimum atomic E-state index is -0.941. The molecule has 6 nitrogen and oxygen atoms in total. The SMILES string of the molecule is NC(CO)(CO)CCc1ccc(-c2cn(Cc3ccc(Cl)cc3)nn2)cc1. The number of nitrogens with two attached hydrogens (primary N) is 1. The zero-order valence-electron chi connectivity index (χ0n) is 14.9. The second kappa shape index (κ2) is 8.63. The summed E-state index contributed by atoms with van der Waals surface area (Å²) >= 11 is 5.91. The minimum Gasteiger partial charge on any atom is -0.394 e. The summed E-state index contributed by atoms with van der Waals surface area (Å²) < 4.78 is 1.79. The third-order valence-corrected chi connectivity index (χ3v) is 4.84. The lowest BCUT2D eigenvalue weighted by Crippen LogP contribution is -2.47. The Morgan fingerprint density at radius 3 is 2.22 bits per heavy atom. The van der Waals surface area contributed by atoms with Crippen molar-refractivity contribution in [2.24, 2.45) is 5.73 Å². The molecule has 4 N–H and O–H groups in total. The molecule has 3 aromatic rings. The normalized spacial score (nSPS) is 11.7. The molecule has 0 bridgehead atoms. The van der Waals surface area contributed by atoms with E-state index in [9.17, 15) is 10.2 Å². The van der Waals surface area contributed by atoms with E-state index < -0.39 is 5.54 Å². The second-order valence-corrected chi connectivity index (χ2v) is 7.24. The summed E-state index contributed by atoms with van der Waals surface area (Å²) in [4.78, 5) is 0. The van der Waals surface area contributed by atoms with Gasteiger partial charge in [-0.15, -0.1) is 5.10 Å². The molecule has 1 aromatic heterocycles. The predicted octanol–water partition coefficient (Wildman–Crippen LogP) is 2.26. The number of aromatic nitrogens is 3. The topological polar surface area (TPSA) is 97.2 Å². The van der Waals surface area contributed by atoms with Gasteiger partial charge in [0.25, 0.3) is 0 Å². The van der Waals surface area contributed by atoms with Gasteiger partial charge in [0.2, 0.25) is 0 Å². The van der Waals surface area contributed by atoms with E-state index >= 15 is 0 Å². The summed E-state index contributed by atoms with van der Waals surface area (Å²) in [7, 11) is 0. The van der Waals surface area contributed by atoms with E-state index in [1.807, 2.05) is 54.7 Å². The molecule has 2 aromatic carbocycles. The summed E-state index contributed by atoms with van der Waals surface area (Å²) in [5.74, 6) is 0. The van der Waals surface area contributed by atoms with Gasteiger partial charge >= 0.3 is 0 Å². The highest BCUT2D eigenvalue weighted by atomic mass is 35.5. The number of aryl methyl sites for hydroxylation is 1. The van der Waals surface area contributed by atoms with Gasteiger partial charge in [0.05, 0.1) is 31.5 Å². The van der Waals surface area contributed by atoms with E-state index in [0.29, 0.717) is 24.4 Å². The molecule has 0 saturated heterocycles. The molecule has 0 aliphatic carbocycles. The second-order valence-electron chi connectivity index (χ2n) is 6.80. The molecule has 0 amide bonds. The average molecular weight is 387 g/mol. The maximum absolute atomic E-state index is 9.27. The Balaban J connectivity index is 1.63. The molecule has 0 aliphatic rings. The van der Waals surface area contributed by atoms with E-state index in [2.05, 4.69) is 10.3 Å². The lowest BCUT2D eigenvalue weighted by Gasteiger charge is -2.24. The van der Waals surface area contributed by atoms with Crippen LogP contribution in [0.25, 0.3) is 11.3 Å². The summed E-state index contributed by atoms with van der Waals surface area (Å²) in [5.41, 5.74) is 8.93. The molecule has 1 heterocycles. The molecule has 0 unspecified atom stereocenters. The van der Waals surface area contributed by atoms with E-state index in [1.165, 1.54) is 0 Å². The van der Waals surface area contributed by atoms with Crippen LogP contribution in [0, 0.1) is 0 Å². The van der Waals surface area contributed by atoms with Gasteiger partial charge < -0.3 is 15.9 Å². The molecule has 27 heavy (non-hydrogen) atoms. The highest BCUT2D eigenvalue weighted by molar-refractivity contribution is 6.30. The van der Waals surface area contributed by atoms with Crippen molar-refractivity contribution >= 4 is 11.6 Å². The molecule has 0 atom stereocenters. The zero-order chi connectivity index (χ0) is 19.3. The lowest BCUT2D eigenvalue weighted by molar-refractivity contribution is 0.115. The number of hydrogen-bond acceptors (Lipinski definition) is 5. The van der Waals surface area contributed by atoms with E-state index in [-0.39, 0.29) is 13.2 Å². The molecule has 0 fully saturated rings. The highest BCUT2D eigenvalue weighted by Gasteiger charge is 2.22. The molecular weight excluding hydrogens is 364 g/mol. The molecule has 142 valence electrons. The molecule has 0 spiro atoms. The van der Waals surface area contributed by atoms with Crippen molar-refractivity contribution in [2.45, 2.75) is 24.9 Å². The van der Waals surface area contributed by atoms with Crippen LogP contribution in [-0.2, 0) is 13.0 Å². The first-order chi connectivity index (χ1) is 13.0. The van der Waals surface area contributed by atoms with Gasteiger partial charge in [-0.1, -0.05) is 53.2 Å². The Bertz CT molecular complexity index is 858. The molecule has 0 radical (unpaired) electrons. The Labute approximate surface area is 163 Å². The first kappa shape index (κ1) is 19.5. The number of aliphatic hydroxyl groups is 2. The van der Waals surface area contributed by atoms with Crippen LogP contribution in [0.15, 0.2) is 54.7 Å². The number of hydrogen-bond donors (Lipinski definition) is 3. The van der Waals surface area contributed by atoms with Crippen LogP contribution in [0.2, 0.25) is 5.02 Å². The third-order valence-electron chi connectivity index (χ3n) is 4.59. The van der Waals surface area contributed by atoms with Crippen LogP contribution in [-0.4, -0.2) is 44.0 Å². The summed E-state index contributed by atoms with van der Waals surface area (Å²) in [6, 6.07) is 15.6. The highest BCUT2D eigenvalue weighted by Crippen LogP contribution is 2.19. The van der Waals surface area contributed by atoms with Crippen LogP contribution in [0.1, 0.15) is 17.5 Å². The number of halogens is 1. The molecule has 0 saturated carbocycles. The number of nitrogens with zero attached hydrogens (tertiary/aromatic N) is 3. The number of aliphatic hydroxyl groups excluding tert-OH is 2. The maximum Gasteiger partial charge on any atom is 0.113 e. The Kier molecular flexibility index (Phi) is 6.23. The van der Waals surface area contributed by atoms with Gasteiger partial charge in [-0.05, 0) is 36.1 Å². The predicted molar refractivity (Wildman–Crippen MR) is 105 cm³/mol. The van der Waals surface area contributed by atoms with Gasteiger partial charge in [0.15, 0.2) is 0 Å². The lowest BCUT2D eigenvalue weighted by atomic mass is 9.93. The van der Waals surface area contributed by atoms with Crippen LogP contribution < -0.4 is 5.73 Å². The van der Waals surface area contributed by atoms with Crippen molar-refractivity contribution in [3.05, 3.63) is 70.9 Å². The molecule has 0 aliphatic heterocycles. The summed E-state index contributed by atoms with van der Waals surface area (Å²) in [6.45, 7) is 0.153. The Morgan fingerprint density at radius 1 is 0.963 bits per heavy atom. The fourth-order valence-electron chi connectivity index (χ4n) is 2.73. The molecular formula is C20H23ClN4O2. The Morgan fingerprint density at radius 2 is 1.59 bits per heavy atom. The van der Waals surface area contributed by atoms with Crippen molar-refractivity contribution in [1.82, 2.24) is 15.0 Å². The number of benzene rings is 2. The fourth-order valence-corrected chi connectivity index (χ4v) is 2.85. The molecule has 3 rings (SSSR count). The van der Waals surface area contributed by atoms with Crippen LogP contribution in [0.4, 0.5) is 0 Å². The monoisotopic (exact) mass is 386 g/mol. The van der Waals surface area contributed by atoms with E-state index in [1.54, 1.807) is 4.68 Å². The van der Waals surface area contributed by atoms with Crippen LogP contribution in [0.5, 0.6) is 0 Å².